The van der Waals surface area contributed by atoms with Crippen LogP contribution in [0.25, 0.3) is 22.2 Å². The number of nitrogens with one attached hydrogen (secondary N) is 1. The van der Waals surface area contributed by atoms with Crippen molar-refractivity contribution in [1.82, 2.24) is 14.8 Å². The number of likely N-dealkylation sites (tertiary alicyclic amines) is 1. The van der Waals surface area contributed by atoms with Crippen LogP contribution in [0.5, 0.6) is 5.75 Å². The molecular formula is C33H34ClN3O6S. The van der Waals surface area contributed by atoms with Crippen molar-refractivity contribution in [2.75, 3.05) is 13.1 Å². The van der Waals surface area contributed by atoms with Crippen LogP contribution >= 0.6 is 11.6 Å². The lowest BCUT2D eigenvalue weighted by atomic mass is 9.99. The quantitative estimate of drug-likeness (QED) is 0.234. The molecule has 9 nitrogen and oxygen atoms in total. The van der Waals surface area contributed by atoms with Crippen molar-refractivity contribution in [2.45, 2.75) is 63.6 Å². The van der Waals surface area contributed by atoms with Crippen LogP contribution in [-0.4, -0.2) is 48.6 Å². The predicted molar refractivity (Wildman–Crippen MR) is 169 cm³/mol. The van der Waals surface area contributed by atoms with Gasteiger partial charge in [0.15, 0.2) is 0 Å². The number of ether oxygens (including phenoxy) is 1. The molecule has 3 heterocycles. The summed E-state index contributed by atoms with van der Waals surface area (Å²) >= 11 is 5.92. The molecule has 0 bridgehead atoms. The molecule has 1 amide bonds. The Labute approximate surface area is 261 Å². The predicted octanol–water partition coefficient (Wildman–Crippen LogP) is 6.74. The highest BCUT2D eigenvalue weighted by Gasteiger charge is 2.32. The molecular weight excluding hydrogens is 602 g/mol. The summed E-state index contributed by atoms with van der Waals surface area (Å²) in [5, 5.41) is 4.00. The number of piperidine rings is 1. The first-order valence-corrected chi connectivity index (χ1v) is 16.4. The van der Waals surface area contributed by atoms with E-state index < -0.39 is 27.7 Å². The summed E-state index contributed by atoms with van der Waals surface area (Å²) in [5.41, 5.74) is 2.58. The van der Waals surface area contributed by atoms with Crippen LogP contribution < -0.4 is 9.50 Å². The van der Waals surface area contributed by atoms with Gasteiger partial charge in [-0.15, -0.1) is 0 Å². The molecule has 0 saturated carbocycles. The van der Waals surface area contributed by atoms with Crippen LogP contribution in [0.2, 0.25) is 5.02 Å². The van der Waals surface area contributed by atoms with Crippen molar-refractivity contribution in [3.05, 3.63) is 82.4 Å². The summed E-state index contributed by atoms with van der Waals surface area (Å²) in [6.07, 6.45) is 3.06. The van der Waals surface area contributed by atoms with Gasteiger partial charge in [0.1, 0.15) is 16.2 Å². The van der Waals surface area contributed by atoms with Gasteiger partial charge in [-0.3, -0.25) is 9.69 Å². The van der Waals surface area contributed by atoms with Gasteiger partial charge in [0.25, 0.3) is 5.91 Å². The standard InChI is InChI=1S/C33H34ClN3O6S/c1-33(2,3)42-32(39)37-27-13-7-21(20-36-15-5-4-6-16-36)17-22(27)18-28(37)25-12-14-29(26-19-35-31(38)30(25)26)43-44(40,41)24-10-8-23(34)9-11-24/h7-14,17-18H,4-6,15-16,19-20H2,1-3H3,(H,35,38). The van der Waals surface area contributed by atoms with E-state index in [0.29, 0.717) is 27.4 Å². The van der Waals surface area contributed by atoms with Crippen molar-refractivity contribution >= 4 is 44.6 Å². The Morgan fingerprint density at radius 2 is 1.70 bits per heavy atom. The maximum absolute atomic E-state index is 13.7. The molecule has 1 saturated heterocycles. The molecule has 0 aliphatic carbocycles. The number of fused-ring (bicyclic) bond motifs is 2. The normalized spacial score (nSPS) is 15.7. The molecule has 0 radical (unpaired) electrons. The van der Waals surface area contributed by atoms with Crippen LogP contribution in [0.4, 0.5) is 4.79 Å². The molecule has 230 valence electrons. The molecule has 1 fully saturated rings. The molecule has 11 heteroatoms. The fourth-order valence-corrected chi connectivity index (χ4v) is 6.91. The molecule has 2 aliphatic heterocycles. The van der Waals surface area contributed by atoms with Gasteiger partial charge in [-0.2, -0.15) is 8.42 Å². The van der Waals surface area contributed by atoms with Crippen LogP contribution in [0, 0.1) is 0 Å². The minimum absolute atomic E-state index is 0.0285. The third kappa shape index (κ3) is 6.06. The van der Waals surface area contributed by atoms with Crippen molar-refractivity contribution in [3.8, 4) is 17.0 Å². The Hall–Kier alpha value is -3.86. The first kappa shape index (κ1) is 30.2. The van der Waals surface area contributed by atoms with E-state index >= 15 is 0 Å². The summed E-state index contributed by atoms with van der Waals surface area (Å²) in [6.45, 7) is 8.40. The van der Waals surface area contributed by atoms with E-state index in [4.69, 9.17) is 20.5 Å². The highest BCUT2D eigenvalue weighted by atomic mass is 35.5. The van der Waals surface area contributed by atoms with Gasteiger partial charge in [-0.25, -0.2) is 9.36 Å². The summed E-state index contributed by atoms with van der Waals surface area (Å²) in [4.78, 5) is 29.3. The number of rotatable bonds is 6. The fourth-order valence-electron chi connectivity index (χ4n) is 5.82. The van der Waals surface area contributed by atoms with Gasteiger partial charge in [-0.1, -0.05) is 24.1 Å². The average Bonchev–Trinajstić information content (AvgIpc) is 3.54. The van der Waals surface area contributed by atoms with Crippen LogP contribution in [0.3, 0.4) is 0 Å². The molecule has 0 unspecified atom stereocenters. The van der Waals surface area contributed by atoms with Crippen molar-refractivity contribution in [1.29, 1.82) is 0 Å². The number of carbonyl (C=O) groups is 2. The topological polar surface area (TPSA) is 107 Å². The van der Waals surface area contributed by atoms with Crippen molar-refractivity contribution in [2.24, 2.45) is 0 Å². The van der Waals surface area contributed by atoms with Crippen molar-refractivity contribution in [3.63, 3.8) is 0 Å². The monoisotopic (exact) mass is 635 g/mol. The number of hydrogen-bond acceptors (Lipinski definition) is 7. The molecule has 2 aliphatic rings. The fraction of sp³-hybridized carbons (Fsp3) is 0.333. The van der Waals surface area contributed by atoms with E-state index in [0.717, 1.165) is 30.6 Å². The largest absolute Gasteiger partial charge is 0.443 e. The minimum Gasteiger partial charge on any atom is -0.443 e. The zero-order valence-corrected chi connectivity index (χ0v) is 26.4. The summed E-state index contributed by atoms with van der Waals surface area (Å²) < 4.78 is 39.0. The summed E-state index contributed by atoms with van der Waals surface area (Å²) in [5.74, 6) is -0.364. The number of hydrogen-bond donors (Lipinski definition) is 1. The minimum atomic E-state index is -4.21. The van der Waals surface area contributed by atoms with Crippen molar-refractivity contribution < 1.29 is 26.9 Å². The van der Waals surface area contributed by atoms with Gasteiger partial charge >= 0.3 is 16.2 Å². The number of nitrogens with zero attached hydrogens (tertiary/aromatic N) is 2. The third-order valence-electron chi connectivity index (χ3n) is 7.80. The summed E-state index contributed by atoms with van der Waals surface area (Å²) in [6, 6.07) is 16.7. The molecule has 0 atom stereocenters. The second-order valence-electron chi connectivity index (χ2n) is 12.2. The zero-order valence-electron chi connectivity index (χ0n) is 24.9. The SMILES string of the molecule is CC(C)(C)OC(=O)n1c(-c2ccc(OS(=O)(=O)c3ccc(Cl)cc3)c3c2C(=O)NC3)cc2cc(CN3CCCCC3)ccc21. The van der Waals surface area contributed by atoms with Gasteiger partial charge in [0.05, 0.1) is 16.8 Å². The Morgan fingerprint density at radius 1 is 0.977 bits per heavy atom. The summed E-state index contributed by atoms with van der Waals surface area (Å²) in [7, 11) is -4.21. The Kier molecular flexibility index (Phi) is 7.94. The molecule has 3 aromatic carbocycles. The molecule has 44 heavy (non-hydrogen) atoms. The lowest BCUT2D eigenvalue weighted by molar-refractivity contribution is 0.0546. The first-order valence-electron chi connectivity index (χ1n) is 14.6. The molecule has 4 aromatic rings. The van der Waals surface area contributed by atoms with Crippen LogP contribution in [0.15, 0.2) is 65.6 Å². The maximum atomic E-state index is 13.7. The van der Waals surface area contributed by atoms with E-state index in [1.54, 1.807) is 26.8 Å². The lowest BCUT2D eigenvalue weighted by Gasteiger charge is -2.26. The Morgan fingerprint density at radius 3 is 2.41 bits per heavy atom. The first-order chi connectivity index (χ1) is 20.9. The van der Waals surface area contributed by atoms with E-state index in [9.17, 15) is 18.0 Å². The highest BCUT2D eigenvalue weighted by Crippen LogP contribution is 2.39. The van der Waals surface area contributed by atoms with Gasteiger partial charge in [-0.05, 0) is 107 Å². The van der Waals surface area contributed by atoms with E-state index in [1.165, 1.54) is 54.2 Å². The van der Waals surface area contributed by atoms with E-state index in [-0.39, 0.29) is 22.8 Å². The van der Waals surface area contributed by atoms with Gasteiger partial charge in [0.2, 0.25) is 0 Å². The number of carbonyl (C=O) groups excluding carboxylic acids is 2. The molecule has 0 spiro atoms. The highest BCUT2D eigenvalue weighted by molar-refractivity contribution is 7.87. The Bertz CT molecular complexity index is 1870. The second kappa shape index (κ2) is 11.6. The zero-order chi connectivity index (χ0) is 31.2. The number of halogens is 1. The van der Waals surface area contributed by atoms with E-state index in [2.05, 4.69) is 16.3 Å². The Balaban J connectivity index is 1.45. The van der Waals surface area contributed by atoms with Gasteiger partial charge in [0, 0.05) is 34.6 Å². The number of amides is 1. The molecule has 1 aromatic heterocycles. The molecule has 6 rings (SSSR count). The van der Waals surface area contributed by atoms with E-state index in [1.807, 2.05) is 18.2 Å². The number of benzene rings is 3. The van der Waals surface area contributed by atoms with Crippen LogP contribution in [-0.2, 0) is 27.9 Å². The van der Waals surface area contributed by atoms with Crippen LogP contribution in [0.1, 0.15) is 61.5 Å². The lowest BCUT2D eigenvalue weighted by Crippen LogP contribution is -2.29. The van der Waals surface area contributed by atoms with Gasteiger partial charge < -0.3 is 14.2 Å². The molecule has 1 N–H and O–H groups in total. The second-order valence-corrected chi connectivity index (χ2v) is 14.2. The number of aromatic nitrogens is 1. The smallest absolute Gasteiger partial charge is 0.419 e. The maximum Gasteiger partial charge on any atom is 0.419 e. The third-order valence-corrected chi connectivity index (χ3v) is 9.30. The average molecular weight is 636 g/mol.